The zero-order valence-corrected chi connectivity index (χ0v) is 33.5. The molecule has 1 spiro atoms. The summed E-state index contributed by atoms with van der Waals surface area (Å²) in [6, 6.07) is 75.8. The van der Waals surface area contributed by atoms with Crippen LogP contribution >= 0.6 is 0 Å². The van der Waals surface area contributed by atoms with Gasteiger partial charge in [0, 0.05) is 27.5 Å². The Balaban J connectivity index is 0.884. The predicted octanol–water partition coefficient (Wildman–Crippen LogP) is 14.4. The number of nitrogens with zero attached hydrogens (tertiary/aromatic N) is 3. The molecule has 62 heavy (non-hydrogen) atoms. The van der Waals surface area contributed by atoms with Gasteiger partial charge in [0.15, 0.2) is 17.5 Å². The fourth-order valence-corrected chi connectivity index (χ4v) is 10.3. The molecule has 4 heteroatoms. The van der Waals surface area contributed by atoms with E-state index in [1.165, 1.54) is 55.6 Å². The van der Waals surface area contributed by atoms with Gasteiger partial charge in [0.1, 0.15) is 11.2 Å². The van der Waals surface area contributed by atoms with Gasteiger partial charge in [-0.3, -0.25) is 0 Å². The van der Waals surface area contributed by atoms with Crippen molar-refractivity contribution in [3.8, 4) is 78.7 Å². The van der Waals surface area contributed by atoms with Crippen molar-refractivity contribution in [3.05, 3.63) is 235 Å². The molecule has 0 aliphatic heterocycles. The molecular formula is C58H35N3O. The van der Waals surface area contributed by atoms with Gasteiger partial charge in [-0.2, -0.15) is 0 Å². The highest BCUT2D eigenvalue weighted by Crippen LogP contribution is 2.63. The Kier molecular flexibility index (Phi) is 7.49. The molecule has 0 N–H and O–H groups in total. The third-order valence-corrected chi connectivity index (χ3v) is 13.0. The van der Waals surface area contributed by atoms with Crippen molar-refractivity contribution in [3.63, 3.8) is 0 Å². The Bertz CT molecular complexity index is 3540. The Labute approximate surface area is 358 Å². The molecule has 13 rings (SSSR count). The van der Waals surface area contributed by atoms with E-state index in [2.05, 4.69) is 152 Å². The maximum Gasteiger partial charge on any atom is 0.164 e. The van der Waals surface area contributed by atoms with Gasteiger partial charge >= 0.3 is 0 Å². The first-order valence-electron chi connectivity index (χ1n) is 21.1. The summed E-state index contributed by atoms with van der Waals surface area (Å²) in [6.07, 6.45) is 0. The lowest BCUT2D eigenvalue weighted by Crippen LogP contribution is -2.25. The van der Waals surface area contributed by atoms with E-state index in [0.29, 0.717) is 17.5 Å². The number of fused-ring (bicyclic) bond motifs is 13. The summed E-state index contributed by atoms with van der Waals surface area (Å²) >= 11 is 0. The van der Waals surface area contributed by atoms with Crippen molar-refractivity contribution in [1.82, 2.24) is 15.0 Å². The highest BCUT2D eigenvalue weighted by molar-refractivity contribution is 6.11. The lowest BCUT2D eigenvalue weighted by molar-refractivity contribution is 0.669. The molecular weight excluding hydrogens is 755 g/mol. The van der Waals surface area contributed by atoms with Crippen LogP contribution in [0.3, 0.4) is 0 Å². The van der Waals surface area contributed by atoms with E-state index in [4.69, 9.17) is 19.4 Å². The van der Waals surface area contributed by atoms with Gasteiger partial charge in [-0.25, -0.2) is 15.0 Å². The molecule has 0 amide bonds. The summed E-state index contributed by atoms with van der Waals surface area (Å²) in [5.41, 5.74) is 19.3. The zero-order chi connectivity index (χ0) is 40.8. The molecule has 0 saturated heterocycles. The molecule has 2 aromatic heterocycles. The Morgan fingerprint density at radius 1 is 0.290 bits per heavy atom. The minimum Gasteiger partial charge on any atom is -0.456 e. The van der Waals surface area contributed by atoms with Crippen molar-refractivity contribution < 1.29 is 4.42 Å². The largest absolute Gasteiger partial charge is 0.456 e. The Hall–Kier alpha value is -8.21. The minimum absolute atomic E-state index is 0.344. The van der Waals surface area contributed by atoms with Gasteiger partial charge in [-0.15, -0.1) is 0 Å². The smallest absolute Gasteiger partial charge is 0.164 e. The van der Waals surface area contributed by atoms with Crippen LogP contribution in [0.5, 0.6) is 0 Å². The average Bonchev–Trinajstić information content (AvgIpc) is 3.98. The van der Waals surface area contributed by atoms with Crippen LogP contribution in [0, 0.1) is 0 Å². The van der Waals surface area contributed by atoms with Crippen molar-refractivity contribution in [2.24, 2.45) is 0 Å². The number of para-hydroxylation sites is 1. The second-order valence-electron chi connectivity index (χ2n) is 16.3. The van der Waals surface area contributed by atoms with Crippen LogP contribution in [0.15, 0.2) is 217 Å². The maximum atomic E-state index is 6.24. The summed E-state index contributed by atoms with van der Waals surface area (Å²) in [6.45, 7) is 0. The topological polar surface area (TPSA) is 51.8 Å². The van der Waals surface area contributed by atoms with Crippen molar-refractivity contribution in [2.45, 2.75) is 5.41 Å². The third-order valence-electron chi connectivity index (χ3n) is 13.0. The number of rotatable bonds is 5. The third kappa shape index (κ3) is 5.04. The quantitative estimate of drug-likeness (QED) is 0.174. The molecule has 0 atom stereocenters. The van der Waals surface area contributed by atoms with E-state index in [-0.39, 0.29) is 5.41 Å². The second-order valence-corrected chi connectivity index (χ2v) is 16.3. The van der Waals surface area contributed by atoms with E-state index in [9.17, 15) is 0 Å². The van der Waals surface area contributed by atoms with Crippen LogP contribution in [0.1, 0.15) is 22.3 Å². The van der Waals surface area contributed by atoms with E-state index in [1.807, 2.05) is 60.7 Å². The number of furan rings is 1. The number of aromatic nitrogens is 3. The molecule has 2 heterocycles. The molecule has 2 aliphatic carbocycles. The van der Waals surface area contributed by atoms with Crippen LogP contribution in [0.25, 0.3) is 101 Å². The summed E-state index contributed by atoms with van der Waals surface area (Å²) in [4.78, 5) is 15.2. The van der Waals surface area contributed by atoms with Crippen molar-refractivity contribution >= 4 is 21.9 Å². The van der Waals surface area contributed by atoms with E-state index in [1.54, 1.807) is 0 Å². The lowest BCUT2D eigenvalue weighted by atomic mass is 9.70. The molecule has 0 bridgehead atoms. The summed E-state index contributed by atoms with van der Waals surface area (Å²) in [5.74, 6) is 1.84. The first-order valence-corrected chi connectivity index (χ1v) is 21.1. The Morgan fingerprint density at radius 3 is 1.45 bits per heavy atom. The van der Waals surface area contributed by atoms with Crippen LogP contribution < -0.4 is 0 Å². The molecule has 11 aromatic rings. The first-order chi connectivity index (χ1) is 30.7. The van der Waals surface area contributed by atoms with Crippen LogP contribution in [-0.2, 0) is 5.41 Å². The zero-order valence-electron chi connectivity index (χ0n) is 33.5. The fourth-order valence-electron chi connectivity index (χ4n) is 10.3. The van der Waals surface area contributed by atoms with Crippen LogP contribution in [0.4, 0.5) is 0 Å². The van der Waals surface area contributed by atoms with Gasteiger partial charge in [-0.05, 0) is 91.0 Å². The molecule has 0 saturated carbocycles. The average molecular weight is 790 g/mol. The predicted molar refractivity (Wildman–Crippen MR) is 251 cm³/mol. The van der Waals surface area contributed by atoms with Gasteiger partial charge in [0.25, 0.3) is 0 Å². The van der Waals surface area contributed by atoms with Gasteiger partial charge in [0.2, 0.25) is 0 Å². The van der Waals surface area contributed by atoms with E-state index < -0.39 is 0 Å². The highest BCUT2D eigenvalue weighted by Gasteiger charge is 2.51. The van der Waals surface area contributed by atoms with Crippen LogP contribution in [-0.4, -0.2) is 15.0 Å². The summed E-state index contributed by atoms with van der Waals surface area (Å²) in [5, 5.41) is 2.03. The van der Waals surface area contributed by atoms with Crippen molar-refractivity contribution in [2.75, 3.05) is 0 Å². The number of benzene rings is 9. The highest BCUT2D eigenvalue weighted by atomic mass is 16.3. The van der Waals surface area contributed by atoms with Gasteiger partial charge in [-0.1, -0.05) is 188 Å². The normalized spacial score (nSPS) is 13.0. The number of hydrogen-bond acceptors (Lipinski definition) is 4. The fraction of sp³-hybridized carbons (Fsp3) is 0.0172. The molecule has 9 aromatic carbocycles. The monoisotopic (exact) mass is 789 g/mol. The first kappa shape index (κ1) is 34.6. The van der Waals surface area contributed by atoms with Crippen molar-refractivity contribution in [1.29, 1.82) is 0 Å². The SMILES string of the molecule is c1ccc(-c2nc(-c3ccc(-c4cccc(-c5ccc6c(c5)-c5ccccc5C65c6ccccc6-c6ccccc65)c4)cc3)nc(-c3cccc4oc5ccccc5c34)n2)cc1. The summed E-state index contributed by atoms with van der Waals surface area (Å²) in [7, 11) is 0. The minimum atomic E-state index is -0.344. The molecule has 0 radical (unpaired) electrons. The van der Waals surface area contributed by atoms with Crippen LogP contribution in [0.2, 0.25) is 0 Å². The van der Waals surface area contributed by atoms with E-state index in [0.717, 1.165) is 49.8 Å². The molecule has 288 valence electrons. The number of hydrogen-bond donors (Lipinski definition) is 0. The standard InChI is InChI=1S/C58H35N3O/c1-2-14-37(15-3-1)55-59-56(61-57(60-55)46-22-13-27-53-54(46)45-21-7-11-26-52(45)62-53)38-30-28-36(29-31-38)39-16-12-17-40(34-39)41-32-33-51-47(35-41)44-20-6-10-25-50(44)58(51)48-23-8-4-18-42(48)43-19-5-9-24-49(43)58/h1-35H. The Morgan fingerprint density at radius 2 is 0.742 bits per heavy atom. The van der Waals surface area contributed by atoms with Gasteiger partial charge in [0.05, 0.1) is 5.41 Å². The second kappa shape index (κ2) is 13.4. The maximum absolute atomic E-state index is 6.24. The van der Waals surface area contributed by atoms with Gasteiger partial charge < -0.3 is 4.42 Å². The molecule has 2 aliphatic rings. The molecule has 4 nitrogen and oxygen atoms in total. The molecule has 0 unspecified atom stereocenters. The lowest BCUT2D eigenvalue weighted by Gasteiger charge is -2.30. The van der Waals surface area contributed by atoms with E-state index >= 15 is 0 Å². The summed E-state index contributed by atoms with van der Waals surface area (Å²) < 4.78 is 6.24. The molecule has 0 fully saturated rings.